The average Bonchev–Trinajstić information content (AvgIpc) is 3.42. The van der Waals surface area contributed by atoms with Crippen LogP contribution in [-0.4, -0.2) is 30.8 Å². The van der Waals surface area contributed by atoms with Crippen LogP contribution in [0.2, 0.25) is 18.1 Å². The molecule has 5 heteroatoms. The molecule has 0 saturated heterocycles. The Balaban J connectivity index is 1.83. The van der Waals surface area contributed by atoms with Crippen molar-refractivity contribution < 1.29 is 19.1 Å². The molecule has 0 bridgehead atoms. The van der Waals surface area contributed by atoms with Gasteiger partial charge < -0.3 is 9.53 Å². The van der Waals surface area contributed by atoms with Gasteiger partial charge in [-0.1, -0.05) is 64.7 Å². The Kier molecular flexibility index (Phi) is 8.10. The van der Waals surface area contributed by atoms with Crippen molar-refractivity contribution in [2.45, 2.75) is 135 Å². The fourth-order valence-corrected chi connectivity index (χ4v) is 10.0. The molecule has 0 heterocycles. The zero-order valence-electron chi connectivity index (χ0n) is 24.6. The number of carbonyl (C=O) groups is 2. The molecule has 1 N–H and O–H groups in total. The topological polar surface area (TPSA) is 63.6 Å². The number of rotatable bonds is 6. The first-order valence-corrected chi connectivity index (χ1v) is 18.1. The summed E-state index contributed by atoms with van der Waals surface area (Å²) in [5.74, 6) is 1.16. The highest BCUT2D eigenvalue weighted by atomic mass is 28.4. The Morgan fingerprint density at radius 2 is 1.78 bits per heavy atom. The number of Topliss-reactive ketones (excluding diaryl/α,β-unsaturated/α-hetero) is 1. The minimum Gasteiger partial charge on any atom is -0.481 e. The van der Waals surface area contributed by atoms with Crippen LogP contribution in [0.1, 0.15) is 112 Å². The predicted molar refractivity (Wildman–Crippen MR) is 153 cm³/mol. The fraction of sp³-hybridized carbons (Fsp3) is 0.812. The lowest BCUT2D eigenvalue weighted by atomic mass is 9.52. The molecule has 4 aliphatic carbocycles. The van der Waals surface area contributed by atoms with E-state index in [1.807, 2.05) is 6.92 Å². The number of ketones is 1. The molecule has 0 aromatic heterocycles. The van der Waals surface area contributed by atoms with E-state index in [-0.39, 0.29) is 16.7 Å². The van der Waals surface area contributed by atoms with Crippen molar-refractivity contribution in [3.05, 3.63) is 23.3 Å². The monoisotopic (exact) mass is 528 g/mol. The highest BCUT2D eigenvalue weighted by molar-refractivity contribution is 6.74. The van der Waals surface area contributed by atoms with E-state index in [0.29, 0.717) is 37.0 Å². The van der Waals surface area contributed by atoms with Gasteiger partial charge in [-0.15, -0.1) is 0 Å². The third-order valence-corrected chi connectivity index (χ3v) is 15.9. The Labute approximate surface area is 226 Å². The number of hydrogen-bond acceptors (Lipinski definition) is 3. The van der Waals surface area contributed by atoms with Crippen LogP contribution in [0.15, 0.2) is 23.3 Å². The van der Waals surface area contributed by atoms with Crippen LogP contribution in [0.4, 0.5) is 0 Å². The standard InChI is InChI=1S/C32H52O4Si/c1-8-13-22-16-17-23-20-24(21-27(22)23)26-18-19-31(29(34)35,25-14-11-10-12-15-25)32(9-2,28(26)33)36-37(6,7)30(3,4)5/h8,13,22-23,25,27H,9-12,14-21H2,1-7H3,(H,34,35)/t22-,23-,27+,31?,32?/m0/s1. The van der Waals surface area contributed by atoms with Gasteiger partial charge in [0.15, 0.2) is 14.1 Å². The molecule has 4 fully saturated rings. The van der Waals surface area contributed by atoms with Crippen LogP contribution in [0.25, 0.3) is 0 Å². The van der Waals surface area contributed by atoms with E-state index in [1.54, 1.807) is 0 Å². The number of allylic oxidation sites excluding steroid dienone is 3. The van der Waals surface area contributed by atoms with Crippen molar-refractivity contribution >= 4 is 20.1 Å². The van der Waals surface area contributed by atoms with Crippen LogP contribution in [-0.2, 0) is 14.0 Å². The summed E-state index contributed by atoms with van der Waals surface area (Å²) in [7, 11) is -2.46. The molecule has 37 heavy (non-hydrogen) atoms. The van der Waals surface area contributed by atoms with Gasteiger partial charge in [-0.2, -0.15) is 0 Å². The van der Waals surface area contributed by atoms with Gasteiger partial charge in [-0.05, 0) is 112 Å². The SMILES string of the molecule is CC=C[C@H]1CC[C@H]2CC(=C3CCC(C(=O)O)(C4CCCCC4)C(CC)(O[Si](C)(C)C(C)(C)C)C3=O)C[C@@H]21. The van der Waals surface area contributed by atoms with Gasteiger partial charge in [0, 0.05) is 0 Å². The summed E-state index contributed by atoms with van der Waals surface area (Å²) in [5, 5.41) is 11.0. The lowest BCUT2D eigenvalue weighted by Gasteiger charge is -2.57. The second-order valence-electron chi connectivity index (χ2n) is 14.2. The number of carbonyl (C=O) groups excluding carboxylic acids is 1. The summed E-state index contributed by atoms with van der Waals surface area (Å²) in [6, 6.07) is 0. The normalized spacial score (nSPS) is 37.9. The molecule has 4 rings (SSSR count). The van der Waals surface area contributed by atoms with Gasteiger partial charge in [0.1, 0.15) is 11.0 Å². The number of aliphatic carboxylic acids is 1. The maximum atomic E-state index is 14.9. The first kappa shape index (κ1) is 28.8. The van der Waals surface area contributed by atoms with Crippen molar-refractivity contribution in [3.8, 4) is 0 Å². The van der Waals surface area contributed by atoms with Crippen molar-refractivity contribution in [1.82, 2.24) is 0 Å². The van der Waals surface area contributed by atoms with E-state index in [2.05, 4.69) is 52.9 Å². The molecule has 4 aliphatic rings. The van der Waals surface area contributed by atoms with E-state index >= 15 is 0 Å². The second kappa shape index (κ2) is 10.4. The molecule has 0 aromatic carbocycles. The third-order valence-electron chi connectivity index (χ3n) is 11.4. The highest BCUT2D eigenvalue weighted by Crippen LogP contribution is 2.60. The van der Waals surface area contributed by atoms with E-state index in [1.165, 1.54) is 18.4 Å². The van der Waals surface area contributed by atoms with E-state index in [4.69, 9.17) is 4.43 Å². The van der Waals surface area contributed by atoms with Crippen LogP contribution < -0.4 is 0 Å². The van der Waals surface area contributed by atoms with Crippen LogP contribution in [0.5, 0.6) is 0 Å². The molecule has 208 valence electrons. The Hall–Kier alpha value is -1.20. The summed E-state index contributed by atoms with van der Waals surface area (Å²) in [5.41, 5.74) is -0.138. The molecule has 4 nitrogen and oxygen atoms in total. The summed E-state index contributed by atoms with van der Waals surface area (Å²) in [4.78, 5) is 28.4. The van der Waals surface area contributed by atoms with E-state index in [9.17, 15) is 14.7 Å². The number of carboxylic acids is 1. The van der Waals surface area contributed by atoms with Crippen LogP contribution in [0.3, 0.4) is 0 Å². The van der Waals surface area contributed by atoms with Gasteiger partial charge >= 0.3 is 5.97 Å². The summed E-state index contributed by atoms with van der Waals surface area (Å²) in [6.45, 7) is 15.1. The maximum Gasteiger partial charge on any atom is 0.313 e. The summed E-state index contributed by atoms with van der Waals surface area (Å²) < 4.78 is 7.23. The Bertz CT molecular complexity index is 950. The zero-order chi connectivity index (χ0) is 27.2. The van der Waals surface area contributed by atoms with E-state index < -0.39 is 25.3 Å². The fourth-order valence-electron chi connectivity index (χ4n) is 8.45. The second-order valence-corrected chi connectivity index (χ2v) is 18.9. The van der Waals surface area contributed by atoms with Crippen molar-refractivity contribution in [2.24, 2.45) is 29.1 Å². The van der Waals surface area contributed by atoms with Gasteiger partial charge in [0.25, 0.3) is 0 Å². The van der Waals surface area contributed by atoms with Gasteiger partial charge in [-0.25, -0.2) is 0 Å². The maximum absolute atomic E-state index is 14.9. The van der Waals surface area contributed by atoms with Crippen molar-refractivity contribution in [1.29, 1.82) is 0 Å². The number of fused-ring (bicyclic) bond motifs is 1. The number of hydrogen-bond donors (Lipinski definition) is 1. The lowest BCUT2D eigenvalue weighted by Crippen LogP contribution is -2.69. The van der Waals surface area contributed by atoms with Gasteiger partial charge in [0.05, 0.1) is 0 Å². The first-order chi connectivity index (χ1) is 17.3. The molecule has 0 aliphatic heterocycles. The molecule has 0 radical (unpaired) electrons. The van der Waals surface area contributed by atoms with E-state index in [0.717, 1.165) is 50.5 Å². The molecule has 0 spiro atoms. The highest BCUT2D eigenvalue weighted by Gasteiger charge is 2.68. The summed E-state index contributed by atoms with van der Waals surface area (Å²) in [6.07, 6.45) is 15.7. The average molecular weight is 529 g/mol. The molecule has 5 atom stereocenters. The zero-order valence-corrected chi connectivity index (χ0v) is 25.6. The minimum absolute atomic E-state index is 0.000925. The summed E-state index contributed by atoms with van der Waals surface area (Å²) >= 11 is 0. The molecule has 0 amide bonds. The predicted octanol–water partition coefficient (Wildman–Crippen LogP) is 8.48. The molecule has 0 aromatic rings. The van der Waals surface area contributed by atoms with Crippen molar-refractivity contribution in [2.75, 3.05) is 0 Å². The first-order valence-electron chi connectivity index (χ1n) is 15.2. The van der Waals surface area contributed by atoms with Crippen LogP contribution in [0, 0.1) is 29.1 Å². The minimum atomic E-state index is -2.46. The molecular formula is C32H52O4Si. The Morgan fingerprint density at radius 1 is 1.11 bits per heavy atom. The molecule has 2 unspecified atom stereocenters. The largest absolute Gasteiger partial charge is 0.481 e. The molecular weight excluding hydrogens is 476 g/mol. The number of carboxylic acid groups (broad SMARTS) is 1. The third kappa shape index (κ3) is 4.64. The molecule has 4 saturated carbocycles. The Morgan fingerprint density at radius 3 is 2.35 bits per heavy atom. The lowest BCUT2D eigenvalue weighted by molar-refractivity contribution is -0.189. The quantitative estimate of drug-likeness (QED) is 0.213. The van der Waals surface area contributed by atoms with Gasteiger partial charge in [0.2, 0.25) is 0 Å². The van der Waals surface area contributed by atoms with Crippen LogP contribution >= 0.6 is 0 Å². The van der Waals surface area contributed by atoms with Crippen molar-refractivity contribution in [3.63, 3.8) is 0 Å². The smallest absolute Gasteiger partial charge is 0.313 e. The van der Waals surface area contributed by atoms with Gasteiger partial charge in [-0.3, -0.25) is 9.59 Å².